The third-order valence-electron chi connectivity index (χ3n) is 3.26. The molecule has 1 aromatic carbocycles. The maximum atomic E-state index is 4.71. The number of rotatable bonds is 4. The summed E-state index contributed by atoms with van der Waals surface area (Å²) in [6.45, 7) is 7.43. The molecule has 0 radical (unpaired) electrons. The molecule has 0 aliphatic heterocycles. The van der Waals surface area contributed by atoms with Crippen LogP contribution < -0.4 is 0 Å². The second kappa shape index (κ2) is 5.17. The number of nitrogens with zero attached hydrogens (tertiary/aromatic N) is 2. The van der Waals surface area contributed by atoms with Crippen LogP contribution in [0, 0.1) is 6.92 Å². The van der Waals surface area contributed by atoms with E-state index in [0.29, 0.717) is 0 Å². The second-order valence-corrected chi connectivity index (χ2v) is 4.37. The molecule has 0 amide bonds. The van der Waals surface area contributed by atoms with Gasteiger partial charge in [0, 0.05) is 5.69 Å². The Morgan fingerprint density at radius 3 is 2.35 bits per heavy atom. The summed E-state index contributed by atoms with van der Waals surface area (Å²) in [6, 6.07) is 10.5. The molecule has 1 aromatic heterocycles. The van der Waals surface area contributed by atoms with Gasteiger partial charge in [-0.15, -0.1) is 0 Å². The van der Waals surface area contributed by atoms with Crippen molar-refractivity contribution in [2.24, 2.45) is 0 Å². The van der Waals surface area contributed by atoms with Gasteiger partial charge >= 0.3 is 0 Å². The standard InChI is InChI=1S/C15H20N2/c1-4-14-12(3)15(5-2)17(16-14)11-13-9-7-6-8-10-13/h6-10H,4-5,11H2,1-3H3. The summed E-state index contributed by atoms with van der Waals surface area (Å²) < 4.78 is 2.16. The maximum Gasteiger partial charge on any atom is 0.0662 e. The highest BCUT2D eigenvalue weighted by Gasteiger charge is 2.11. The molecule has 2 heteroatoms. The van der Waals surface area contributed by atoms with Crippen LogP contribution in [0.3, 0.4) is 0 Å². The molecule has 17 heavy (non-hydrogen) atoms. The number of aryl methyl sites for hydroxylation is 1. The number of aromatic nitrogens is 2. The van der Waals surface area contributed by atoms with Crippen molar-refractivity contribution in [3.63, 3.8) is 0 Å². The van der Waals surface area contributed by atoms with E-state index in [1.165, 1.54) is 22.5 Å². The van der Waals surface area contributed by atoms with Crippen molar-refractivity contribution in [2.75, 3.05) is 0 Å². The van der Waals surface area contributed by atoms with E-state index in [1.54, 1.807) is 0 Å². The fourth-order valence-electron chi connectivity index (χ4n) is 2.31. The molecule has 0 atom stereocenters. The van der Waals surface area contributed by atoms with Gasteiger partial charge in [0.05, 0.1) is 12.2 Å². The quantitative estimate of drug-likeness (QED) is 0.784. The summed E-state index contributed by atoms with van der Waals surface area (Å²) >= 11 is 0. The zero-order valence-corrected chi connectivity index (χ0v) is 10.9. The van der Waals surface area contributed by atoms with Crippen molar-refractivity contribution >= 4 is 0 Å². The summed E-state index contributed by atoms with van der Waals surface area (Å²) in [7, 11) is 0. The first-order valence-electron chi connectivity index (χ1n) is 6.35. The summed E-state index contributed by atoms with van der Waals surface area (Å²) in [5.41, 5.74) is 5.28. The summed E-state index contributed by atoms with van der Waals surface area (Å²) in [5.74, 6) is 0. The fraction of sp³-hybridized carbons (Fsp3) is 0.400. The minimum absolute atomic E-state index is 0.880. The van der Waals surface area contributed by atoms with Gasteiger partial charge in [0.1, 0.15) is 0 Å². The second-order valence-electron chi connectivity index (χ2n) is 4.37. The van der Waals surface area contributed by atoms with E-state index in [0.717, 1.165) is 19.4 Å². The van der Waals surface area contributed by atoms with Gasteiger partial charge in [-0.3, -0.25) is 4.68 Å². The van der Waals surface area contributed by atoms with Gasteiger partial charge < -0.3 is 0 Å². The highest BCUT2D eigenvalue weighted by molar-refractivity contribution is 5.26. The average Bonchev–Trinajstić information content (AvgIpc) is 2.66. The third-order valence-corrected chi connectivity index (χ3v) is 3.26. The Hall–Kier alpha value is -1.57. The molecule has 0 fully saturated rings. The average molecular weight is 228 g/mol. The van der Waals surface area contributed by atoms with Crippen LogP contribution in [0.15, 0.2) is 30.3 Å². The molecule has 0 saturated carbocycles. The van der Waals surface area contributed by atoms with E-state index < -0.39 is 0 Å². The first kappa shape index (κ1) is 11.9. The van der Waals surface area contributed by atoms with Crippen LogP contribution in [-0.4, -0.2) is 9.78 Å². The Morgan fingerprint density at radius 2 is 1.76 bits per heavy atom. The van der Waals surface area contributed by atoms with Crippen molar-refractivity contribution in [1.29, 1.82) is 0 Å². The molecular weight excluding hydrogens is 208 g/mol. The zero-order valence-electron chi connectivity index (χ0n) is 10.9. The SMILES string of the molecule is CCc1nn(Cc2ccccc2)c(CC)c1C. The van der Waals surface area contributed by atoms with Crippen LogP contribution in [-0.2, 0) is 19.4 Å². The first-order valence-corrected chi connectivity index (χ1v) is 6.35. The lowest BCUT2D eigenvalue weighted by atomic mass is 10.1. The topological polar surface area (TPSA) is 17.8 Å². The van der Waals surface area contributed by atoms with Gasteiger partial charge in [-0.25, -0.2) is 0 Å². The summed E-state index contributed by atoms with van der Waals surface area (Å²) in [6.07, 6.45) is 2.06. The van der Waals surface area contributed by atoms with E-state index in [1.807, 2.05) is 0 Å². The Labute approximate surface area is 103 Å². The Kier molecular flexibility index (Phi) is 3.62. The van der Waals surface area contributed by atoms with Gasteiger partial charge in [0.2, 0.25) is 0 Å². The lowest BCUT2D eigenvalue weighted by molar-refractivity contribution is 0.640. The number of hydrogen-bond donors (Lipinski definition) is 0. The van der Waals surface area contributed by atoms with Crippen molar-refractivity contribution in [1.82, 2.24) is 9.78 Å². The molecule has 0 aliphatic carbocycles. The predicted molar refractivity (Wildman–Crippen MR) is 71.3 cm³/mol. The van der Waals surface area contributed by atoms with Crippen LogP contribution in [0.4, 0.5) is 0 Å². The van der Waals surface area contributed by atoms with E-state index in [4.69, 9.17) is 5.10 Å². The molecule has 0 saturated heterocycles. The number of benzene rings is 1. The van der Waals surface area contributed by atoms with E-state index in [-0.39, 0.29) is 0 Å². The lowest BCUT2D eigenvalue weighted by Crippen LogP contribution is -2.06. The molecule has 0 unspecified atom stereocenters. The molecule has 2 aromatic rings. The van der Waals surface area contributed by atoms with Crippen LogP contribution in [0.5, 0.6) is 0 Å². The molecule has 0 N–H and O–H groups in total. The van der Waals surface area contributed by atoms with Crippen molar-refractivity contribution in [3.05, 3.63) is 52.8 Å². The zero-order chi connectivity index (χ0) is 12.3. The lowest BCUT2D eigenvalue weighted by Gasteiger charge is -2.06. The van der Waals surface area contributed by atoms with Crippen LogP contribution in [0.25, 0.3) is 0 Å². The molecule has 90 valence electrons. The summed E-state index contributed by atoms with van der Waals surface area (Å²) in [4.78, 5) is 0. The molecule has 0 bridgehead atoms. The van der Waals surface area contributed by atoms with Crippen molar-refractivity contribution < 1.29 is 0 Å². The molecule has 2 rings (SSSR count). The van der Waals surface area contributed by atoms with Gasteiger partial charge in [-0.2, -0.15) is 5.10 Å². The van der Waals surface area contributed by atoms with Gasteiger partial charge in [0.25, 0.3) is 0 Å². The van der Waals surface area contributed by atoms with Crippen molar-refractivity contribution in [3.8, 4) is 0 Å². The molecular formula is C15H20N2. The monoisotopic (exact) mass is 228 g/mol. The smallest absolute Gasteiger partial charge is 0.0662 e. The highest BCUT2D eigenvalue weighted by atomic mass is 15.3. The van der Waals surface area contributed by atoms with E-state index in [2.05, 4.69) is 55.8 Å². The molecule has 2 nitrogen and oxygen atoms in total. The third kappa shape index (κ3) is 2.41. The summed E-state index contributed by atoms with van der Waals surface area (Å²) in [5, 5.41) is 4.71. The van der Waals surface area contributed by atoms with Gasteiger partial charge in [-0.05, 0) is 30.9 Å². The van der Waals surface area contributed by atoms with Crippen LogP contribution in [0.1, 0.15) is 36.4 Å². The molecule has 1 heterocycles. The molecule has 0 aliphatic rings. The normalized spacial score (nSPS) is 10.8. The minimum Gasteiger partial charge on any atom is -0.265 e. The van der Waals surface area contributed by atoms with E-state index in [9.17, 15) is 0 Å². The minimum atomic E-state index is 0.880. The fourth-order valence-corrected chi connectivity index (χ4v) is 2.31. The maximum absolute atomic E-state index is 4.71. The van der Waals surface area contributed by atoms with E-state index >= 15 is 0 Å². The first-order chi connectivity index (χ1) is 8.26. The van der Waals surface area contributed by atoms with Gasteiger partial charge in [-0.1, -0.05) is 44.2 Å². The van der Waals surface area contributed by atoms with Crippen molar-refractivity contribution in [2.45, 2.75) is 40.2 Å². The predicted octanol–water partition coefficient (Wildman–Crippen LogP) is 3.36. The Balaban J connectivity index is 2.32. The highest BCUT2D eigenvalue weighted by Crippen LogP contribution is 2.16. The Bertz CT molecular complexity index is 483. The molecule has 0 spiro atoms. The van der Waals surface area contributed by atoms with Crippen LogP contribution in [0.2, 0.25) is 0 Å². The van der Waals surface area contributed by atoms with Gasteiger partial charge in [0.15, 0.2) is 0 Å². The Morgan fingerprint density at radius 1 is 1.06 bits per heavy atom. The largest absolute Gasteiger partial charge is 0.265 e. The number of hydrogen-bond acceptors (Lipinski definition) is 1. The van der Waals surface area contributed by atoms with Crippen LogP contribution >= 0.6 is 0 Å².